The van der Waals surface area contributed by atoms with Crippen molar-refractivity contribution < 1.29 is 39.8 Å². The van der Waals surface area contributed by atoms with E-state index in [9.17, 15) is 30.3 Å². The lowest BCUT2D eigenvalue weighted by Gasteiger charge is -2.40. The quantitative estimate of drug-likeness (QED) is 0.0261. The fourth-order valence-corrected chi connectivity index (χ4v) is 9.08. The molecule has 0 saturated carbocycles. The zero-order chi connectivity index (χ0) is 47.3. The number of nitrogens with one attached hydrogen (secondary N) is 1. The first-order valence-corrected chi connectivity index (χ1v) is 28.0. The van der Waals surface area contributed by atoms with Gasteiger partial charge in [0.1, 0.15) is 24.4 Å². The Labute approximate surface area is 400 Å². The molecule has 0 aliphatic carbocycles. The topological polar surface area (TPSA) is 149 Å². The first kappa shape index (κ1) is 61.7. The number of allylic oxidation sites excluding steroid dienone is 4. The molecule has 7 unspecified atom stereocenters. The molecule has 65 heavy (non-hydrogen) atoms. The van der Waals surface area contributed by atoms with Crippen molar-refractivity contribution in [2.24, 2.45) is 0 Å². The zero-order valence-corrected chi connectivity index (χ0v) is 42.5. The lowest BCUT2D eigenvalue weighted by molar-refractivity contribution is -0.302. The van der Waals surface area contributed by atoms with Gasteiger partial charge in [-0.15, -0.1) is 0 Å². The third-order valence-electron chi connectivity index (χ3n) is 13.6. The van der Waals surface area contributed by atoms with E-state index in [-0.39, 0.29) is 12.5 Å². The number of hydrogen-bond donors (Lipinski definition) is 6. The number of rotatable bonds is 48. The van der Waals surface area contributed by atoms with Crippen LogP contribution in [0.25, 0.3) is 0 Å². The molecule has 0 aromatic carbocycles. The van der Waals surface area contributed by atoms with Gasteiger partial charge in [-0.25, -0.2) is 0 Å². The lowest BCUT2D eigenvalue weighted by Crippen LogP contribution is -2.60. The molecule has 0 bridgehead atoms. The smallest absolute Gasteiger partial charge is 0.220 e. The Morgan fingerprint density at radius 2 is 0.908 bits per heavy atom. The van der Waals surface area contributed by atoms with Crippen LogP contribution in [0.2, 0.25) is 0 Å². The fourth-order valence-electron chi connectivity index (χ4n) is 9.08. The standard InChI is InChI=1S/C56H107NO8/c1-3-5-7-9-11-13-15-17-19-20-21-22-23-24-25-26-27-28-29-30-32-33-35-37-39-41-43-45-50(59)49(48-64-56-55(63)54(62)53(61)51(47-58)65-56)57-52(60)46-44-42-40-38-36-34-31-18-16-14-12-10-8-6-4-2/h12,14,18,31,49-51,53-56,58-59,61-63H,3-11,13,15-17,19-30,32-48H2,1-2H3,(H,57,60)/b14-12-,31-18-. The number of carbonyl (C=O) groups excluding carboxylic acids is 1. The van der Waals surface area contributed by atoms with Gasteiger partial charge in [0.05, 0.1) is 25.4 Å². The van der Waals surface area contributed by atoms with Crippen molar-refractivity contribution in [3.8, 4) is 0 Å². The van der Waals surface area contributed by atoms with E-state index in [0.29, 0.717) is 12.8 Å². The maximum atomic E-state index is 13.0. The van der Waals surface area contributed by atoms with Crippen molar-refractivity contribution in [3.63, 3.8) is 0 Å². The summed E-state index contributed by atoms with van der Waals surface area (Å²) in [4.78, 5) is 13.0. The summed E-state index contributed by atoms with van der Waals surface area (Å²) in [7, 11) is 0. The van der Waals surface area contributed by atoms with E-state index in [2.05, 4.69) is 43.5 Å². The van der Waals surface area contributed by atoms with Crippen LogP contribution in [0.1, 0.15) is 271 Å². The first-order valence-electron chi connectivity index (χ1n) is 28.0. The Hall–Kier alpha value is -1.33. The normalized spacial score (nSPS) is 20.0. The minimum atomic E-state index is -1.56. The Kier molecular flexibility index (Phi) is 44.0. The van der Waals surface area contributed by atoms with Gasteiger partial charge >= 0.3 is 0 Å². The van der Waals surface area contributed by atoms with E-state index < -0.39 is 49.5 Å². The SMILES string of the molecule is CCCCC/C=C\C/C=C\CCCCCCCC(=O)NC(COC1OC(CO)C(O)C(O)C1O)C(O)CCCCCCCCCCCCCCCCCCCCCCCCCCCCC. The van der Waals surface area contributed by atoms with Gasteiger partial charge in [-0.3, -0.25) is 4.79 Å². The molecule has 0 spiro atoms. The van der Waals surface area contributed by atoms with Gasteiger partial charge in [0, 0.05) is 6.42 Å². The summed E-state index contributed by atoms with van der Waals surface area (Å²) >= 11 is 0. The van der Waals surface area contributed by atoms with Crippen molar-refractivity contribution in [2.45, 2.75) is 314 Å². The summed E-state index contributed by atoms with van der Waals surface area (Å²) in [6.45, 7) is 3.83. The molecule has 1 rings (SSSR count). The van der Waals surface area contributed by atoms with E-state index in [1.807, 2.05) is 0 Å². The molecule has 1 amide bonds. The van der Waals surface area contributed by atoms with Crippen molar-refractivity contribution in [3.05, 3.63) is 24.3 Å². The summed E-state index contributed by atoms with van der Waals surface area (Å²) < 4.78 is 11.3. The van der Waals surface area contributed by atoms with Crippen molar-refractivity contribution in [2.75, 3.05) is 13.2 Å². The van der Waals surface area contributed by atoms with Crippen LogP contribution in [0.3, 0.4) is 0 Å². The summed E-state index contributed by atoms with van der Waals surface area (Å²) in [5.74, 6) is -0.155. The van der Waals surface area contributed by atoms with E-state index in [1.165, 1.54) is 180 Å². The second kappa shape index (κ2) is 46.4. The maximum absolute atomic E-state index is 13.0. The molecule has 7 atom stereocenters. The largest absolute Gasteiger partial charge is 0.394 e. The molecule has 384 valence electrons. The highest BCUT2D eigenvalue weighted by Gasteiger charge is 2.44. The van der Waals surface area contributed by atoms with Crippen LogP contribution in [0.15, 0.2) is 24.3 Å². The van der Waals surface area contributed by atoms with Crippen LogP contribution >= 0.6 is 0 Å². The average molecular weight is 922 g/mol. The van der Waals surface area contributed by atoms with E-state index in [4.69, 9.17) is 9.47 Å². The molecule has 0 aromatic heterocycles. The van der Waals surface area contributed by atoms with E-state index in [1.54, 1.807) is 0 Å². The molecule has 9 heteroatoms. The molecule has 1 aliphatic heterocycles. The molecule has 1 heterocycles. The second-order valence-electron chi connectivity index (χ2n) is 19.7. The highest BCUT2D eigenvalue weighted by atomic mass is 16.7. The van der Waals surface area contributed by atoms with Crippen LogP contribution < -0.4 is 5.32 Å². The minimum Gasteiger partial charge on any atom is -0.394 e. The Bertz CT molecular complexity index is 1070. The van der Waals surface area contributed by atoms with Crippen molar-refractivity contribution in [1.29, 1.82) is 0 Å². The average Bonchev–Trinajstić information content (AvgIpc) is 3.31. The van der Waals surface area contributed by atoms with Gasteiger partial charge in [-0.1, -0.05) is 244 Å². The predicted octanol–water partition coefficient (Wildman–Crippen LogP) is 13.4. The van der Waals surface area contributed by atoms with Crippen LogP contribution in [0.4, 0.5) is 0 Å². The zero-order valence-electron chi connectivity index (χ0n) is 42.5. The highest BCUT2D eigenvalue weighted by Crippen LogP contribution is 2.23. The van der Waals surface area contributed by atoms with Gasteiger partial charge < -0.3 is 40.3 Å². The molecular formula is C56H107NO8. The Morgan fingerprint density at radius 1 is 0.523 bits per heavy atom. The van der Waals surface area contributed by atoms with Gasteiger partial charge in [0.25, 0.3) is 0 Å². The summed E-state index contributed by atoms with van der Waals surface area (Å²) in [6, 6.07) is -0.725. The monoisotopic (exact) mass is 922 g/mol. The number of amides is 1. The molecular weight excluding hydrogens is 815 g/mol. The third kappa shape index (κ3) is 36.3. The molecule has 1 aliphatic rings. The van der Waals surface area contributed by atoms with Crippen molar-refractivity contribution >= 4 is 5.91 Å². The minimum absolute atomic E-state index is 0.142. The fraction of sp³-hybridized carbons (Fsp3) is 0.911. The first-order chi connectivity index (χ1) is 31.8. The van der Waals surface area contributed by atoms with Crippen LogP contribution in [0.5, 0.6) is 0 Å². The molecule has 0 aromatic rings. The number of carbonyl (C=O) groups is 1. The summed E-state index contributed by atoms with van der Waals surface area (Å²) in [5, 5.41) is 54.6. The molecule has 6 N–H and O–H groups in total. The Balaban J connectivity index is 2.18. The van der Waals surface area contributed by atoms with Gasteiger partial charge in [-0.05, 0) is 44.9 Å². The second-order valence-corrected chi connectivity index (χ2v) is 19.7. The molecule has 1 saturated heterocycles. The third-order valence-corrected chi connectivity index (χ3v) is 13.6. The van der Waals surface area contributed by atoms with Crippen LogP contribution in [-0.4, -0.2) is 87.5 Å². The lowest BCUT2D eigenvalue weighted by atomic mass is 9.99. The number of hydrogen-bond acceptors (Lipinski definition) is 8. The van der Waals surface area contributed by atoms with Crippen molar-refractivity contribution in [1.82, 2.24) is 5.32 Å². The molecule has 0 radical (unpaired) electrons. The molecule has 9 nitrogen and oxygen atoms in total. The maximum Gasteiger partial charge on any atom is 0.220 e. The van der Waals surface area contributed by atoms with Gasteiger partial charge in [0.15, 0.2) is 6.29 Å². The molecule has 1 fully saturated rings. The van der Waals surface area contributed by atoms with E-state index in [0.717, 1.165) is 64.2 Å². The van der Waals surface area contributed by atoms with E-state index >= 15 is 0 Å². The summed E-state index contributed by atoms with van der Waals surface area (Å²) in [5.41, 5.74) is 0. The number of unbranched alkanes of at least 4 members (excludes halogenated alkanes) is 34. The van der Waals surface area contributed by atoms with Gasteiger partial charge in [0.2, 0.25) is 5.91 Å². The number of ether oxygens (including phenoxy) is 2. The number of aliphatic hydroxyl groups excluding tert-OH is 5. The highest BCUT2D eigenvalue weighted by molar-refractivity contribution is 5.76. The van der Waals surface area contributed by atoms with Crippen LogP contribution in [-0.2, 0) is 14.3 Å². The predicted molar refractivity (Wildman–Crippen MR) is 272 cm³/mol. The number of aliphatic hydroxyl groups is 5. The summed E-state index contributed by atoms with van der Waals surface area (Å²) in [6.07, 6.45) is 50.7. The van der Waals surface area contributed by atoms with Crippen LogP contribution in [0, 0.1) is 0 Å². The van der Waals surface area contributed by atoms with Gasteiger partial charge in [-0.2, -0.15) is 0 Å². The Morgan fingerprint density at radius 3 is 1.35 bits per heavy atom.